The molecule has 1 atom stereocenters. The summed E-state index contributed by atoms with van der Waals surface area (Å²) in [5.74, 6) is -0.846. The lowest BCUT2D eigenvalue weighted by atomic mass is 10.0. The average Bonchev–Trinajstić information content (AvgIpc) is 3.46. The second kappa shape index (κ2) is 10.1. The van der Waals surface area contributed by atoms with Crippen molar-refractivity contribution in [3.8, 4) is 0 Å². The van der Waals surface area contributed by atoms with Crippen LogP contribution in [-0.2, 0) is 11.3 Å². The number of fused-ring (bicyclic) bond motifs is 1. The van der Waals surface area contributed by atoms with Crippen molar-refractivity contribution in [1.82, 2.24) is 20.2 Å². The molecule has 0 radical (unpaired) electrons. The topological polar surface area (TPSA) is 112 Å². The molecule has 190 valence electrons. The number of nitrogens with zero attached hydrogens (tertiary/aromatic N) is 3. The molecule has 0 aliphatic carbocycles. The number of halogens is 1. The van der Waals surface area contributed by atoms with Gasteiger partial charge in [0.1, 0.15) is 11.5 Å². The first-order chi connectivity index (χ1) is 17.8. The van der Waals surface area contributed by atoms with Crippen LogP contribution < -0.4 is 16.1 Å². The van der Waals surface area contributed by atoms with E-state index in [0.717, 1.165) is 15.8 Å². The number of hydrazine groups is 1. The second-order valence-electron chi connectivity index (χ2n) is 8.66. The van der Waals surface area contributed by atoms with Crippen molar-refractivity contribution < 1.29 is 19.1 Å². The largest absolute Gasteiger partial charge is 0.394 e. The Labute approximate surface area is 216 Å². The van der Waals surface area contributed by atoms with E-state index < -0.39 is 17.8 Å². The Balaban J connectivity index is 1.39. The molecule has 1 aliphatic heterocycles. The summed E-state index contributed by atoms with van der Waals surface area (Å²) in [5, 5.41) is 21.8. The number of aromatic nitrogens is 2. The molecule has 4 N–H and O–H groups in total. The van der Waals surface area contributed by atoms with E-state index in [1.54, 1.807) is 47.1 Å². The van der Waals surface area contributed by atoms with E-state index >= 15 is 0 Å². The highest BCUT2D eigenvalue weighted by molar-refractivity contribution is 7.20. The summed E-state index contributed by atoms with van der Waals surface area (Å²) in [6.45, 7) is 2.15. The fourth-order valence-electron chi connectivity index (χ4n) is 4.18. The van der Waals surface area contributed by atoms with Gasteiger partial charge in [-0.15, -0.1) is 11.3 Å². The lowest BCUT2D eigenvalue weighted by Gasteiger charge is -2.32. The van der Waals surface area contributed by atoms with Crippen LogP contribution in [0, 0.1) is 12.7 Å². The summed E-state index contributed by atoms with van der Waals surface area (Å²) in [4.78, 5) is 26.0. The van der Waals surface area contributed by atoms with Gasteiger partial charge in [-0.1, -0.05) is 24.3 Å². The number of benzene rings is 2. The first-order valence-electron chi connectivity index (χ1n) is 11.6. The van der Waals surface area contributed by atoms with Crippen LogP contribution in [0.15, 0.2) is 66.4 Å². The van der Waals surface area contributed by atoms with E-state index in [-0.39, 0.29) is 23.9 Å². The summed E-state index contributed by atoms with van der Waals surface area (Å²) in [7, 11) is 1.70. The first kappa shape index (κ1) is 24.6. The number of nitrogens with one attached hydrogen (secondary N) is 3. The predicted molar refractivity (Wildman–Crippen MR) is 141 cm³/mol. The molecule has 37 heavy (non-hydrogen) atoms. The van der Waals surface area contributed by atoms with E-state index in [0.29, 0.717) is 22.8 Å². The number of aliphatic hydroxyl groups excluding tert-OH is 1. The maximum Gasteiger partial charge on any atom is 0.281 e. The predicted octanol–water partition coefficient (Wildman–Crippen LogP) is 3.80. The number of hydrogen-bond acceptors (Lipinski definition) is 7. The molecule has 0 saturated heterocycles. The molecule has 1 unspecified atom stereocenters. The van der Waals surface area contributed by atoms with E-state index in [4.69, 9.17) is 0 Å². The third-order valence-corrected chi connectivity index (χ3v) is 7.16. The quantitative estimate of drug-likeness (QED) is 0.295. The van der Waals surface area contributed by atoms with Gasteiger partial charge in [-0.2, -0.15) is 5.10 Å². The second-order valence-corrected chi connectivity index (χ2v) is 9.75. The molecule has 0 fully saturated rings. The van der Waals surface area contributed by atoms with Gasteiger partial charge in [-0.05, 0) is 48.2 Å². The van der Waals surface area contributed by atoms with Crippen LogP contribution >= 0.6 is 11.3 Å². The van der Waals surface area contributed by atoms with Gasteiger partial charge < -0.3 is 15.7 Å². The fraction of sp³-hybridized carbons (Fsp3) is 0.192. The normalized spacial score (nSPS) is 15.9. The van der Waals surface area contributed by atoms with Crippen LogP contribution in [0.4, 0.5) is 15.9 Å². The van der Waals surface area contributed by atoms with E-state index in [9.17, 15) is 19.1 Å². The highest BCUT2D eigenvalue weighted by atomic mass is 32.1. The summed E-state index contributed by atoms with van der Waals surface area (Å²) >= 11 is 1.34. The zero-order valence-electron chi connectivity index (χ0n) is 20.2. The van der Waals surface area contributed by atoms with Crippen molar-refractivity contribution in [2.24, 2.45) is 0 Å². The van der Waals surface area contributed by atoms with Crippen LogP contribution in [0.3, 0.4) is 0 Å². The number of likely N-dealkylation sites (N-methyl/N-ethyl adjacent to an activating group) is 1. The Morgan fingerprint density at radius 3 is 2.81 bits per heavy atom. The maximum absolute atomic E-state index is 14.7. The molecule has 9 nitrogen and oxygen atoms in total. The first-order valence-corrected chi connectivity index (χ1v) is 12.4. The smallest absolute Gasteiger partial charge is 0.281 e. The number of hydrogen-bond donors (Lipinski definition) is 4. The van der Waals surface area contributed by atoms with Gasteiger partial charge in [0.05, 0.1) is 29.8 Å². The summed E-state index contributed by atoms with van der Waals surface area (Å²) < 4.78 is 17.3. The number of amides is 2. The third-order valence-electron chi connectivity index (χ3n) is 6.05. The van der Waals surface area contributed by atoms with Crippen molar-refractivity contribution in [3.63, 3.8) is 0 Å². The van der Waals surface area contributed by atoms with Gasteiger partial charge in [-0.3, -0.25) is 19.7 Å². The average molecular weight is 521 g/mol. The Bertz CT molecular complexity index is 1490. The number of anilines is 2. The minimum absolute atomic E-state index is 0.0477. The van der Waals surface area contributed by atoms with Crippen molar-refractivity contribution in [2.45, 2.75) is 19.5 Å². The number of aliphatic hydroxyl groups is 1. The fourth-order valence-corrected chi connectivity index (χ4v) is 5.14. The standard InChI is InChI=1S/C26H25FN6O3S/c1-15-11-24(30-33(15)9-10-34)28-20-14-21(32(2)31-25(20)35)16-7-8-18(27)19(12-16)29-26(36)23-13-17-5-3-4-6-22(17)37-23/h3-8,11-14,21,34H,9-10H2,1-2H3,(H,28,30)(H,29,36)(H,31,35). The summed E-state index contributed by atoms with van der Waals surface area (Å²) in [6.07, 6.45) is 1.71. The number of carbonyl (C=O) groups is 2. The van der Waals surface area contributed by atoms with Crippen molar-refractivity contribution in [1.29, 1.82) is 0 Å². The number of thiophene rings is 1. The molecule has 0 saturated carbocycles. The minimum atomic E-state index is -0.562. The van der Waals surface area contributed by atoms with E-state index in [1.807, 2.05) is 31.2 Å². The molecule has 2 aromatic carbocycles. The SMILES string of the molecule is Cc1cc(NC2=CC(c3ccc(F)c(NC(=O)c4cc5ccccc5s4)c3)N(C)NC2=O)nn1CCO. The monoisotopic (exact) mass is 520 g/mol. The minimum Gasteiger partial charge on any atom is -0.394 e. The molecule has 4 aromatic rings. The molecule has 11 heteroatoms. The lowest BCUT2D eigenvalue weighted by Crippen LogP contribution is -2.46. The van der Waals surface area contributed by atoms with Gasteiger partial charge in [-0.25, -0.2) is 9.40 Å². The van der Waals surface area contributed by atoms with Crippen LogP contribution in [0.5, 0.6) is 0 Å². The molecule has 2 amide bonds. The van der Waals surface area contributed by atoms with Crippen molar-refractivity contribution in [2.75, 3.05) is 24.3 Å². The number of rotatable bonds is 7. The molecule has 0 bridgehead atoms. The van der Waals surface area contributed by atoms with E-state index in [2.05, 4.69) is 21.2 Å². The highest BCUT2D eigenvalue weighted by Crippen LogP contribution is 2.30. The number of aryl methyl sites for hydroxylation is 1. The molecule has 5 rings (SSSR count). The number of carbonyl (C=O) groups excluding carboxylic acids is 2. The summed E-state index contributed by atoms with van der Waals surface area (Å²) in [5.41, 5.74) is 4.59. The van der Waals surface area contributed by atoms with Gasteiger partial charge in [0, 0.05) is 23.5 Å². The molecule has 0 spiro atoms. The van der Waals surface area contributed by atoms with E-state index in [1.165, 1.54) is 17.4 Å². The zero-order valence-corrected chi connectivity index (χ0v) is 21.0. The van der Waals surface area contributed by atoms with Crippen LogP contribution in [0.1, 0.15) is 27.0 Å². The zero-order chi connectivity index (χ0) is 26.1. The van der Waals surface area contributed by atoms with Crippen LogP contribution in [0.2, 0.25) is 0 Å². The Morgan fingerprint density at radius 1 is 1.22 bits per heavy atom. The van der Waals surface area contributed by atoms with Gasteiger partial charge >= 0.3 is 0 Å². The maximum atomic E-state index is 14.7. The molecular weight excluding hydrogens is 495 g/mol. The van der Waals surface area contributed by atoms with Crippen molar-refractivity contribution in [3.05, 3.63) is 88.3 Å². The lowest BCUT2D eigenvalue weighted by molar-refractivity contribution is -0.123. The van der Waals surface area contributed by atoms with Crippen LogP contribution in [0.25, 0.3) is 10.1 Å². The summed E-state index contributed by atoms with van der Waals surface area (Å²) in [6, 6.07) is 15.2. The molecule has 1 aliphatic rings. The van der Waals surface area contributed by atoms with Crippen molar-refractivity contribution >= 4 is 44.7 Å². The van der Waals surface area contributed by atoms with Gasteiger partial charge in [0.2, 0.25) is 0 Å². The van der Waals surface area contributed by atoms with Crippen LogP contribution in [-0.4, -0.2) is 45.4 Å². The Kier molecular flexibility index (Phi) is 6.74. The van der Waals surface area contributed by atoms with Gasteiger partial charge in [0.25, 0.3) is 11.8 Å². The Morgan fingerprint density at radius 2 is 2.03 bits per heavy atom. The third kappa shape index (κ3) is 5.10. The molecule has 3 heterocycles. The van der Waals surface area contributed by atoms with Gasteiger partial charge in [0.15, 0.2) is 5.82 Å². The Hall–Kier alpha value is -4.06. The molecule has 2 aromatic heterocycles. The molecular formula is C26H25FN6O3S. The highest BCUT2D eigenvalue weighted by Gasteiger charge is 2.27.